The molecule has 0 N–H and O–H groups in total. The lowest BCUT2D eigenvalue weighted by molar-refractivity contribution is -0.345. The first-order valence-electron chi connectivity index (χ1n) is 15.2. The molecule has 0 amide bonds. The fourth-order valence-electron chi connectivity index (χ4n) is 5.67. The Labute approximate surface area is 227 Å². The van der Waals surface area contributed by atoms with Crippen molar-refractivity contribution in [2.24, 2.45) is 0 Å². The van der Waals surface area contributed by atoms with E-state index in [0.717, 1.165) is 61.9 Å². The summed E-state index contributed by atoms with van der Waals surface area (Å²) in [4.78, 5) is 0. The van der Waals surface area contributed by atoms with Crippen LogP contribution in [0, 0.1) is 0 Å². The highest BCUT2D eigenvalue weighted by molar-refractivity contribution is 5.82. The van der Waals surface area contributed by atoms with E-state index in [1.54, 1.807) is 0 Å². The summed E-state index contributed by atoms with van der Waals surface area (Å²) in [6, 6.07) is 14.0. The Hall–Kier alpha value is -2.48. The molecule has 1 aliphatic heterocycles. The van der Waals surface area contributed by atoms with Gasteiger partial charge in [-0.25, -0.2) is 4.70 Å². The average molecular weight is 499 g/mol. The minimum absolute atomic E-state index is 0.975. The summed E-state index contributed by atoms with van der Waals surface area (Å²) in [5, 5.41) is 0. The summed E-state index contributed by atoms with van der Waals surface area (Å²) in [7, 11) is 0. The number of allylic oxidation sites excluding steroid dienone is 2. The maximum Gasteiger partial charge on any atom is 0.211 e. The third-order valence-corrected chi connectivity index (χ3v) is 7.90. The first-order chi connectivity index (χ1) is 18.0. The van der Waals surface area contributed by atoms with E-state index < -0.39 is 0 Å². The van der Waals surface area contributed by atoms with Crippen LogP contribution < -0.4 is 0 Å². The average Bonchev–Trinajstić information content (AvgIpc) is 3.16. The summed E-state index contributed by atoms with van der Waals surface area (Å²) < 4.78 is 1.54. The van der Waals surface area contributed by atoms with Gasteiger partial charge in [0.05, 0.1) is 0 Å². The van der Waals surface area contributed by atoms with E-state index in [-0.39, 0.29) is 0 Å². The molecule has 200 valence electrons. The first kappa shape index (κ1) is 29.1. The van der Waals surface area contributed by atoms with Crippen LogP contribution in [0.3, 0.4) is 0 Å². The van der Waals surface area contributed by atoms with Crippen molar-refractivity contribution in [1.29, 1.82) is 0 Å². The van der Waals surface area contributed by atoms with E-state index in [1.807, 2.05) is 0 Å². The van der Waals surface area contributed by atoms with Gasteiger partial charge in [0.15, 0.2) is 0 Å². The van der Waals surface area contributed by atoms with Crippen LogP contribution in [0.1, 0.15) is 133 Å². The fourth-order valence-corrected chi connectivity index (χ4v) is 5.67. The number of benzene rings is 2. The zero-order chi connectivity index (χ0) is 26.8. The molecule has 2 aromatic rings. The Bertz CT molecular complexity index is 1130. The molecule has 0 aliphatic carbocycles. The molecule has 0 bridgehead atoms. The van der Waals surface area contributed by atoms with Gasteiger partial charge in [0.25, 0.3) is 0 Å². The Kier molecular flexibility index (Phi) is 11.4. The van der Waals surface area contributed by atoms with Crippen LogP contribution in [-0.2, 0) is 25.7 Å². The normalized spacial score (nSPS) is 13.8. The Morgan fingerprint density at radius 2 is 1.00 bits per heavy atom. The topological polar surface area (TPSA) is 25.3 Å². The van der Waals surface area contributed by atoms with E-state index in [4.69, 9.17) is 0 Å². The Morgan fingerprint density at radius 3 is 1.46 bits per heavy atom. The number of nitrogens with zero attached hydrogens (tertiary/aromatic N) is 2. The first-order valence-corrected chi connectivity index (χ1v) is 15.2. The molecule has 0 fully saturated rings. The molecular formula is C35H50N2. The highest BCUT2D eigenvalue weighted by atomic mass is 15.2. The summed E-state index contributed by atoms with van der Waals surface area (Å²) in [5.74, 6) is 0. The Morgan fingerprint density at radius 1 is 0.541 bits per heavy atom. The minimum atomic E-state index is 0.975. The van der Waals surface area contributed by atoms with Crippen molar-refractivity contribution in [1.82, 2.24) is 0 Å². The van der Waals surface area contributed by atoms with Gasteiger partial charge in [-0.05, 0) is 105 Å². The number of hydrogen-bond acceptors (Lipinski definition) is 0. The molecule has 0 atom stereocenters. The predicted octanol–water partition coefficient (Wildman–Crippen LogP) is 10.7. The molecule has 1 aliphatic rings. The summed E-state index contributed by atoms with van der Waals surface area (Å²) in [6.07, 6.45) is 15.0. The molecule has 0 saturated carbocycles. The summed E-state index contributed by atoms with van der Waals surface area (Å²) in [5.41, 5.74) is 24.2. The molecule has 0 radical (unpaired) electrons. The lowest BCUT2D eigenvalue weighted by atomic mass is 9.93. The van der Waals surface area contributed by atoms with E-state index in [0.29, 0.717) is 0 Å². The van der Waals surface area contributed by atoms with Gasteiger partial charge in [-0.1, -0.05) is 78.9 Å². The number of unbranched alkanes of at least 4 members (excludes halogenated alkanes) is 5. The van der Waals surface area contributed by atoms with Gasteiger partial charge in [0.1, 0.15) is 0 Å². The van der Waals surface area contributed by atoms with Crippen molar-refractivity contribution in [2.45, 2.75) is 125 Å². The van der Waals surface area contributed by atoms with Crippen molar-refractivity contribution in [3.8, 4) is 0 Å². The third kappa shape index (κ3) is 7.30. The van der Waals surface area contributed by atoms with Crippen LogP contribution in [0.15, 0.2) is 47.5 Å². The van der Waals surface area contributed by atoms with Crippen LogP contribution in [-0.4, -0.2) is 4.70 Å². The highest BCUT2D eigenvalue weighted by Gasteiger charge is 2.33. The lowest BCUT2D eigenvalue weighted by Gasteiger charge is -2.14. The van der Waals surface area contributed by atoms with Crippen LogP contribution in [0.2, 0.25) is 0 Å². The number of rotatable bonds is 15. The van der Waals surface area contributed by atoms with Gasteiger partial charge < -0.3 is 5.53 Å². The van der Waals surface area contributed by atoms with Crippen LogP contribution in [0.25, 0.3) is 16.9 Å². The quantitative estimate of drug-likeness (QED) is 0.172. The molecule has 2 heteroatoms. The second-order valence-electron chi connectivity index (χ2n) is 10.9. The lowest BCUT2D eigenvalue weighted by Crippen LogP contribution is -2.05. The minimum Gasteiger partial charge on any atom is -0.493 e. The van der Waals surface area contributed by atoms with E-state index >= 15 is 0 Å². The van der Waals surface area contributed by atoms with Crippen molar-refractivity contribution in [3.05, 3.63) is 86.5 Å². The predicted molar refractivity (Wildman–Crippen MR) is 161 cm³/mol. The molecule has 2 nitrogen and oxygen atoms in total. The van der Waals surface area contributed by atoms with Crippen LogP contribution in [0.5, 0.6) is 0 Å². The largest absolute Gasteiger partial charge is 0.493 e. The van der Waals surface area contributed by atoms with Gasteiger partial charge in [0.2, 0.25) is 11.4 Å². The molecule has 2 aromatic carbocycles. The molecule has 0 unspecified atom stereocenters. The SMILES string of the molecule is CCCCCc1cc(CC)cc(C2=C(C)C(CCCC)=C(c3cc(CC)cc(CCCCC)c3)[N+]2=[N-])c1. The molecule has 0 saturated heterocycles. The smallest absolute Gasteiger partial charge is 0.211 e. The Balaban J connectivity index is 2.07. The summed E-state index contributed by atoms with van der Waals surface area (Å²) >= 11 is 0. The maximum absolute atomic E-state index is 11.9. The molecule has 0 aromatic heterocycles. The van der Waals surface area contributed by atoms with Gasteiger partial charge in [-0.15, -0.1) is 0 Å². The molecule has 0 spiro atoms. The van der Waals surface area contributed by atoms with Gasteiger partial charge in [-0.2, -0.15) is 0 Å². The second kappa shape index (κ2) is 14.5. The van der Waals surface area contributed by atoms with Crippen LogP contribution >= 0.6 is 0 Å². The van der Waals surface area contributed by atoms with Crippen LogP contribution in [0.4, 0.5) is 0 Å². The highest BCUT2D eigenvalue weighted by Crippen LogP contribution is 2.43. The standard InChI is InChI=1S/C35H50N2/c1-7-12-15-17-29-20-27(10-4)22-31(24-29)34-26(6)33(19-14-9-3)35(37(34)36)32-23-28(11-5)21-30(25-32)18-16-13-8-2/h20-25H,7-19H2,1-6H3. The van der Waals surface area contributed by atoms with Gasteiger partial charge in [-0.3, -0.25) is 0 Å². The van der Waals surface area contributed by atoms with Crippen molar-refractivity contribution in [2.75, 3.05) is 0 Å². The van der Waals surface area contributed by atoms with Crippen molar-refractivity contribution in [3.63, 3.8) is 0 Å². The van der Waals surface area contributed by atoms with E-state index in [9.17, 15) is 5.53 Å². The van der Waals surface area contributed by atoms with Gasteiger partial charge >= 0.3 is 0 Å². The van der Waals surface area contributed by atoms with E-state index in [2.05, 4.69) is 77.9 Å². The summed E-state index contributed by atoms with van der Waals surface area (Å²) in [6.45, 7) is 13.5. The zero-order valence-electron chi connectivity index (χ0n) is 24.6. The number of aryl methyl sites for hydroxylation is 4. The monoisotopic (exact) mass is 498 g/mol. The van der Waals surface area contributed by atoms with Crippen molar-refractivity contribution < 1.29 is 4.70 Å². The van der Waals surface area contributed by atoms with E-state index in [1.165, 1.54) is 82.2 Å². The number of hydrogen-bond donors (Lipinski definition) is 0. The molecule has 3 rings (SSSR count). The fraction of sp³-hybridized carbons (Fsp3) is 0.543. The maximum atomic E-state index is 11.9. The molecular weight excluding hydrogens is 448 g/mol. The van der Waals surface area contributed by atoms with Crippen molar-refractivity contribution >= 4 is 11.4 Å². The zero-order valence-corrected chi connectivity index (χ0v) is 24.6. The van der Waals surface area contributed by atoms with Gasteiger partial charge in [0, 0.05) is 22.3 Å². The molecule has 37 heavy (non-hydrogen) atoms. The third-order valence-electron chi connectivity index (χ3n) is 7.90. The molecule has 1 heterocycles. The second-order valence-corrected chi connectivity index (χ2v) is 10.9.